The van der Waals surface area contributed by atoms with Crippen molar-refractivity contribution in [3.8, 4) is 0 Å². The predicted molar refractivity (Wildman–Crippen MR) is 105 cm³/mol. The molecule has 0 atom stereocenters. The molecule has 0 unspecified atom stereocenters. The summed E-state index contributed by atoms with van der Waals surface area (Å²) in [5.41, 5.74) is -0.0774. The Kier molecular flexibility index (Phi) is 6.08. The Morgan fingerprint density at radius 1 is 1.03 bits per heavy atom. The Morgan fingerprint density at radius 3 is 2.20 bits per heavy atom. The molecule has 3 rings (SSSR count). The molecule has 0 aliphatic heterocycles. The molecule has 1 amide bonds. The molecule has 2 N–H and O–H groups in total. The van der Waals surface area contributed by atoms with E-state index in [1.165, 1.54) is 36.4 Å². The largest absolute Gasteiger partial charge is 0.416 e. The number of sulfonamides is 1. The van der Waals surface area contributed by atoms with E-state index in [0.717, 1.165) is 23.5 Å². The SMILES string of the molecule is Cc1nnc(NS(=O)(=O)c2ccc(C(=O)NCc3ccc(C(F)(F)F)cc3)cc2)s1. The van der Waals surface area contributed by atoms with Crippen molar-refractivity contribution < 1.29 is 26.4 Å². The average Bonchev–Trinajstić information content (AvgIpc) is 3.09. The van der Waals surface area contributed by atoms with E-state index >= 15 is 0 Å². The molecule has 12 heteroatoms. The van der Waals surface area contributed by atoms with Gasteiger partial charge in [0.1, 0.15) is 5.01 Å². The second kappa shape index (κ2) is 8.40. The number of nitrogens with one attached hydrogen (secondary N) is 2. The number of halogens is 3. The van der Waals surface area contributed by atoms with Crippen LogP contribution in [-0.2, 0) is 22.7 Å². The monoisotopic (exact) mass is 456 g/mol. The fraction of sp³-hybridized carbons (Fsp3) is 0.167. The molecular weight excluding hydrogens is 441 g/mol. The molecule has 0 aliphatic rings. The van der Waals surface area contributed by atoms with Crippen LogP contribution in [0.1, 0.15) is 26.5 Å². The zero-order valence-electron chi connectivity index (χ0n) is 15.4. The van der Waals surface area contributed by atoms with Gasteiger partial charge in [-0.05, 0) is 48.9 Å². The van der Waals surface area contributed by atoms with Gasteiger partial charge >= 0.3 is 6.18 Å². The van der Waals surface area contributed by atoms with Gasteiger partial charge in [0.25, 0.3) is 15.9 Å². The van der Waals surface area contributed by atoms with Gasteiger partial charge in [-0.3, -0.25) is 9.52 Å². The third kappa shape index (κ3) is 5.33. The average molecular weight is 456 g/mol. The van der Waals surface area contributed by atoms with Gasteiger partial charge in [0, 0.05) is 12.1 Å². The van der Waals surface area contributed by atoms with E-state index in [1.807, 2.05) is 0 Å². The van der Waals surface area contributed by atoms with Crippen molar-refractivity contribution in [2.75, 3.05) is 4.72 Å². The van der Waals surface area contributed by atoms with E-state index in [2.05, 4.69) is 20.2 Å². The standard InChI is InChI=1S/C18H15F3N4O3S2/c1-11-23-24-17(29-11)25-30(27,28)15-8-4-13(5-9-15)16(26)22-10-12-2-6-14(7-3-12)18(19,20)21/h2-9H,10H2,1H3,(H,22,26)(H,24,25). The molecular formula is C18H15F3N4O3S2. The van der Waals surface area contributed by atoms with Gasteiger partial charge in [-0.15, -0.1) is 10.2 Å². The summed E-state index contributed by atoms with van der Waals surface area (Å²) in [4.78, 5) is 12.2. The number of benzene rings is 2. The van der Waals surface area contributed by atoms with Crippen molar-refractivity contribution in [3.05, 3.63) is 70.2 Å². The zero-order chi connectivity index (χ0) is 21.9. The van der Waals surface area contributed by atoms with Gasteiger partial charge in [0.05, 0.1) is 10.5 Å². The molecule has 0 fully saturated rings. The minimum absolute atomic E-state index is 0.0228. The number of carbonyl (C=O) groups is 1. The number of nitrogens with zero attached hydrogens (tertiary/aromatic N) is 2. The first-order valence-corrected chi connectivity index (χ1v) is 10.7. The summed E-state index contributed by atoms with van der Waals surface area (Å²) in [7, 11) is -3.88. The Labute approximate surface area is 174 Å². The minimum atomic E-state index is -4.42. The van der Waals surface area contributed by atoms with E-state index in [1.54, 1.807) is 6.92 Å². The molecule has 3 aromatic rings. The number of alkyl halides is 3. The Hall–Kier alpha value is -2.99. The molecule has 1 aromatic heterocycles. The lowest BCUT2D eigenvalue weighted by Gasteiger charge is -2.09. The van der Waals surface area contributed by atoms with Crippen LogP contribution in [0.2, 0.25) is 0 Å². The van der Waals surface area contributed by atoms with Crippen LogP contribution in [0.5, 0.6) is 0 Å². The first-order chi connectivity index (χ1) is 14.0. The lowest BCUT2D eigenvalue weighted by Crippen LogP contribution is -2.23. The fourth-order valence-electron chi connectivity index (χ4n) is 2.39. The third-order valence-electron chi connectivity index (χ3n) is 3.91. The molecule has 0 aliphatic carbocycles. The van der Waals surface area contributed by atoms with E-state index in [0.29, 0.717) is 10.6 Å². The van der Waals surface area contributed by atoms with Crippen LogP contribution in [0.15, 0.2) is 53.4 Å². The van der Waals surface area contributed by atoms with Crippen LogP contribution >= 0.6 is 11.3 Å². The lowest BCUT2D eigenvalue weighted by molar-refractivity contribution is -0.137. The van der Waals surface area contributed by atoms with Gasteiger partial charge in [0.2, 0.25) is 5.13 Å². The van der Waals surface area contributed by atoms with Crippen molar-refractivity contribution in [1.82, 2.24) is 15.5 Å². The lowest BCUT2D eigenvalue weighted by atomic mass is 10.1. The van der Waals surface area contributed by atoms with Crippen molar-refractivity contribution in [1.29, 1.82) is 0 Å². The quantitative estimate of drug-likeness (QED) is 0.590. The highest BCUT2D eigenvalue weighted by molar-refractivity contribution is 7.93. The summed E-state index contributed by atoms with van der Waals surface area (Å²) in [6, 6.07) is 9.64. The maximum atomic E-state index is 12.6. The van der Waals surface area contributed by atoms with Crippen LogP contribution in [0, 0.1) is 6.92 Å². The molecule has 0 bridgehead atoms. The molecule has 0 saturated heterocycles. The van der Waals surface area contributed by atoms with Gasteiger partial charge in [-0.2, -0.15) is 13.2 Å². The highest BCUT2D eigenvalue weighted by Gasteiger charge is 2.29. The van der Waals surface area contributed by atoms with Crippen LogP contribution < -0.4 is 10.0 Å². The second-order valence-electron chi connectivity index (χ2n) is 6.13. The number of rotatable bonds is 6. The van der Waals surface area contributed by atoms with Crippen LogP contribution in [0.25, 0.3) is 0 Å². The summed E-state index contributed by atoms with van der Waals surface area (Å²) in [6.45, 7) is 1.71. The van der Waals surface area contributed by atoms with Crippen LogP contribution in [0.3, 0.4) is 0 Å². The summed E-state index contributed by atoms with van der Waals surface area (Å²) in [5.74, 6) is -0.494. The highest BCUT2D eigenvalue weighted by Crippen LogP contribution is 2.29. The number of hydrogen-bond acceptors (Lipinski definition) is 6. The fourth-order valence-corrected chi connectivity index (χ4v) is 4.21. The maximum absolute atomic E-state index is 12.6. The molecule has 30 heavy (non-hydrogen) atoms. The van der Waals surface area contributed by atoms with Gasteiger partial charge in [0.15, 0.2) is 0 Å². The Morgan fingerprint density at radius 2 is 1.67 bits per heavy atom. The first-order valence-electron chi connectivity index (χ1n) is 8.42. The Balaban J connectivity index is 1.62. The smallest absolute Gasteiger partial charge is 0.348 e. The maximum Gasteiger partial charge on any atom is 0.416 e. The van der Waals surface area contributed by atoms with Gasteiger partial charge in [-0.1, -0.05) is 23.5 Å². The number of amides is 1. The molecule has 0 radical (unpaired) electrons. The minimum Gasteiger partial charge on any atom is -0.348 e. The molecule has 0 spiro atoms. The van der Waals surface area contributed by atoms with E-state index in [9.17, 15) is 26.4 Å². The van der Waals surface area contributed by atoms with Gasteiger partial charge in [-0.25, -0.2) is 8.42 Å². The van der Waals surface area contributed by atoms with E-state index < -0.39 is 27.7 Å². The molecule has 1 heterocycles. The summed E-state index contributed by atoms with van der Waals surface area (Å²) in [5, 5.41) is 10.7. The normalized spacial score (nSPS) is 11.9. The van der Waals surface area contributed by atoms with E-state index in [-0.39, 0.29) is 22.1 Å². The van der Waals surface area contributed by atoms with Gasteiger partial charge < -0.3 is 5.32 Å². The molecule has 158 valence electrons. The molecule has 2 aromatic carbocycles. The van der Waals surface area contributed by atoms with Crippen molar-refractivity contribution in [3.63, 3.8) is 0 Å². The van der Waals surface area contributed by atoms with Crippen LogP contribution in [-0.4, -0.2) is 24.5 Å². The van der Waals surface area contributed by atoms with E-state index in [4.69, 9.17) is 0 Å². The highest BCUT2D eigenvalue weighted by atomic mass is 32.2. The number of hydrogen-bond donors (Lipinski definition) is 2. The molecule has 0 saturated carbocycles. The Bertz CT molecular complexity index is 1140. The summed E-state index contributed by atoms with van der Waals surface area (Å²) in [6.07, 6.45) is -4.42. The van der Waals surface area contributed by atoms with Crippen molar-refractivity contribution in [2.24, 2.45) is 0 Å². The van der Waals surface area contributed by atoms with Crippen LogP contribution in [0.4, 0.5) is 18.3 Å². The summed E-state index contributed by atoms with van der Waals surface area (Å²) < 4.78 is 64.7. The van der Waals surface area contributed by atoms with Crippen molar-refractivity contribution >= 4 is 32.4 Å². The predicted octanol–water partition coefficient (Wildman–Crippen LogP) is 3.60. The number of aryl methyl sites for hydroxylation is 1. The number of aromatic nitrogens is 2. The second-order valence-corrected chi connectivity index (χ2v) is 9.00. The number of carbonyl (C=O) groups excluding carboxylic acids is 1. The summed E-state index contributed by atoms with van der Waals surface area (Å²) >= 11 is 1.08. The zero-order valence-corrected chi connectivity index (χ0v) is 17.0. The van der Waals surface area contributed by atoms with Crippen molar-refractivity contribution in [2.45, 2.75) is 24.5 Å². The third-order valence-corrected chi connectivity index (χ3v) is 6.15. The first kappa shape index (κ1) is 21.7. The topological polar surface area (TPSA) is 101 Å². The molecule has 7 nitrogen and oxygen atoms in total. The number of anilines is 1.